The second-order valence-corrected chi connectivity index (χ2v) is 7.74. The third kappa shape index (κ3) is 2.80. The van der Waals surface area contributed by atoms with Crippen LogP contribution in [-0.4, -0.2) is 34.9 Å². The maximum absolute atomic E-state index is 12.9. The number of hydrogen-bond donors (Lipinski definition) is 0. The summed E-state index contributed by atoms with van der Waals surface area (Å²) in [6, 6.07) is 7.08. The van der Waals surface area contributed by atoms with Crippen LogP contribution in [0, 0.1) is 13.8 Å². The van der Waals surface area contributed by atoms with Gasteiger partial charge in [0, 0.05) is 31.5 Å². The fourth-order valence-corrected chi connectivity index (χ4v) is 4.66. The summed E-state index contributed by atoms with van der Waals surface area (Å²) in [5, 5.41) is 0. The highest BCUT2D eigenvalue weighted by molar-refractivity contribution is 7.89. The molecule has 0 aliphatic carbocycles. The molecule has 0 unspecified atom stereocenters. The van der Waals surface area contributed by atoms with E-state index < -0.39 is 10.0 Å². The molecule has 1 saturated heterocycles. The molecule has 1 atom stereocenters. The summed E-state index contributed by atoms with van der Waals surface area (Å²) in [4.78, 5) is 4.59. The molecule has 3 rings (SSSR count). The molecule has 5 nitrogen and oxygen atoms in total. The summed E-state index contributed by atoms with van der Waals surface area (Å²) in [6.07, 6.45) is 5.46. The van der Waals surface area contributed by atoms with Crippen LogP contribution in [-0.2, 0) is 16.6 Å². The molecule has 22 heavy (non-hydrogen) atoms. The van der Waals surface area contributed by atoms with E-state index in [0.717, 1.165) is 24.2 Å². The molecular weight excluding hydrogens is 298 g/mol. The van der Waals surface area contributed by atoms with Crippen molar-refractivity contribution in [3.05, 3.63) is 48.0 Å². The maximum Gasteiger partial charge on any atom is 0.243 e. The number of aryl methyl sites for hydroxylation is 2. The Bertz CT molecular complexity index is 750. The molecule has 6 heteroatoms. The Kier molecular flexibility index (Phi) is 4.06. The van der Waals surface area contributed by atoms with Crippen LogP contribution in [0.1, 0.15) is 24.2 Å². The highest BCUT2D eigenvalue weighted by atomic mass is 32.2. The standard InChI is InChI=1S/C16H21N3O2S/c1-13-5-7-16(8-6-13)22(20,21)19-10-3-4-15(19)12-18-11-9-17-14(18)2/h5-9,11,15H,3-4,10,12H2,1-2H3/t15-/m1/s1. The van der Waals surface area contributed by atoms with Crippen LogP contribution < -0.4 is 0 Å². The third-order valence-corrected chi connectivity index (χ3v) is 6.25. The van der Waals surface area contributed by atoms with E-state index in [1.54, 1.807) is 22.6 Å². The maximum atomic E-state index is 12.9. The molecule has 1 aromatic heterocycles. The smallest absolute Gasteiger partial charge is 0.243 e. The summed E-state index contributed by atoms with van der Waals surface area (Å²) in [5.74, 6) is 0.916. The zero-order chi connectivity index (χ0) is 15.7. The van der Waals surface area contributed by atoms with Crippen LogP contribution in [0.4, 0.5) is 0 Å². The molecule has 1 aromatic carbocycles. The molecule has 2 heterocycles. The Labute approximate surface area is 131 Å². The predicted molar refractivity (Wildman–Crippen MR) is 85.1 cm³/mol. The monoisotopic (exact) mass is 319 g/mol. The minimum atomic E-state index is -3.42. The van der Waals surface area contributed by atoms with Gasteiger partial charge in [-0.3, -0.25) is 0 Å². The van der Waals surface area contributed by atoms with Crippen LogP contribution >= 0.6 is 0 Å². The molecule has 0 spiro atoms. The minimum absolute atomic E-state index is 0.000738. The zero-order valence-electron chi connectivity index (χ0n) is 12.9. The van der Waals surface area contributed by atoms with Crippen molar-refractivity contribution in [1.82, 2.24) is 13.9 Å². The first-order valence-electron chi connectivity index (χ1n) is 7.55. The quantitative estimate of drug-likeness (QED) is 0.869. The fraction of sp³-hybridized carbons (Fsp3) is 0.438. The lowest BCUT2D eigenvalue weighted by Gasteiger charge is -2.25. The van der Waals surface area contributed by atoms with E-state index in [1.807, 2.05) is 36.7 Å². The number of sulfonamides is 1. The molecular formula is C16H21N3O2S. The number of rotatable bonds is 4. The lowest BCUT2D eigenvalue weighted by atomic mass is 10.2. The third-order valence-electron chi connectivity index (χ3n) is 4.28. The van der Waals surface area contributed by atoms with Crippen LogP contribution in [0.2, 0.25) is 0 Å². The molecule has 0 amide bonds. The van der Waals surface area contributed by atoms with Gasteiger partial charge in [-0.15, -0.1) is 0 Å². The van der Waals surface area contributed by atoms with Gasteiger partial charge in [0.25, 0.3) is 0 Å². The van der Waals surface area contributed by atoms with Crippen LogP contribution in [0.3, 0.4) is 0 Å². The summed E-state index contributed by atoms with van der Waals surface area (Å²) in [7, 11) is -3.42. The van der Waals surface area contributed by atoms with E-state index in [-0.39, 0.29) is 6.04 Å². The second-order valence-electron chi connectivity index (χ2n) is 5.85. The van der Waals surface area contributed by atoms with Crippen LogP contribution in [0.15, 0.2) is 41.6 Å². The van der Waals surface area contributed by atoms with Crippen molar-refractivity contribution in [2.24, 2.45) is 0 Å². The Morgan fingerprint density at radius 2 is 1.95 bits per heavy atom. The Hall–Kier alpha value is -1.66. The molecule has 0 bridgehead atoms. The van der Waals surface area contributed by atoms with E-state index in [2.05, 4.69) is 4.98 Å². The van der Waals surface area contributed by atoms with Gasteiger partial charge in [0.05, 0.1) is 4.90 Å². The Morgan fingerprint density at radius 1 is 1.23 bits per heavy atom. The number of hydrogen-bond acceptors (Lipinski definition) is 3. The molecule has 2 aromatic rings. The molecule has 1 fully saturated rings. The van der Waals surface area contributed by atoms with E-state index in [0.29, 0.717) is 18.0 Å². The van der Waals surface area contributed by atoms with Crippen molar-refractivity contribution < 1.29 is 8.42 Å². The lowest BCUT2D eigenvalue weighted by Crippen LogP contribution is -2.38. The average molecular weight is 319 g/mol. The largest absolute Gasteiger partial charge is 0.334 e. The molecule has 0 radical (unpaired) electrons. The summed E-state index contributed by atoms with van der Waals surface area (Å²) in [5.41, 5.74) is 1.06. The molecule has 118 valence electrons. The van der Waals surface area contributed by atoms with Crippen molar-refractivity contribution in [3.63, 3.8) is 0 Å². The normalized spacial score (nSPS) is 19.6. The predicted octanol–water partition coefficient (Wildman–Crippen LogP) is 2.35. The number of nitrogens with zero attached hydrogens (tertiary/aromatic N) is 3. The van der Waals surface area contributed by atoms with Crippen molar-refractivity contribution in [1.29, 1.82) is 0 Å². The average Bonchev–Trinajstić information content (AvgIpc) is 3.10. The van der Waals surface area contributed by atoms with Crippen LogP contribution in [0.5, 0.6) is 0 Å². The van der Waals surface area contributed by atoms with Gasteiger partial charge >= 0.3 is 0 Å². The summed E-state index contributed by atoms with van der Waals surface area (Å²) in [6.45, 7) is 5.15. The minimum Gasteiger partial charge on any atom is -0.334 e. The second kappa shape index (κ2) is 5.85. The first-order chi connectivity index (χ1) is 10.5. The van der Waals surface area contributed by atoms with Crippen molar-refractivity contribution in [2.45, 2.75) is 44.2 Å². The number of benzene rings is 1. The Morgan fingerprint density at radius 3 is 2.59 bits per heavy atom. The van der Waals surface area contributed by atoms with E-state index >= 15 is 0 Å². The van der Waals surface area contributed by atoms with E-state index in [4.69, 9.17) is 0 Å². The van der Waals surface area contributed by atoms with Crippen molar-refractivity contribution in [2.75, 3.05) is 6.54 Å². The summed E-state index contributed by atoms with van der Waals surface area (Å²) < 4.78 is 29.4. The molecule has 0 N–H and O–H groups in total. The van der Waals surface area contributed by atoms with Gasteiger partial charge in [-0.1, -0.05) is 17.7 Å². The van der Waals surface area contributed by atoms with Gasteiger partial charge in [0.15, 0.2) is 0 Å². The van der Waals surface area contributed by atoms with Gasteiger partial charge < -0.3 is 4.57 Å². The molecule has 1 aliphatic heterocycles. The molecule has 0 saturated carbocycles. The molecule has 1 aliphatic rings. The van der Waals surface area contributed by atoms with Gasteiger partial charge in [-0.05, 0) is 38.8 Å². The highest BCUT2D eigenvalue weighted by Crippen LogP contribution is 2.27. The highest BCUT2D eigenvalue weighted by Gasteiger charge is 2.35. The first kappa shape index (κ1) is 15.2. The van der Waals surface area contributed by atoms with Crippen molar-refractivity contribution >= 4 is 10.0 Å². The lowest BCUT2D eigenvalue weighted by molar-refractivity contribution is 0.350. The van der Waals surface area contributed by atoms with Gasteiger partial charge in [-0.2, -0.15) is 4.31 Å². The summed E-state index contributed by atoms with van der Waals surface area (Å²) >= 11 is 0. The first-order valence-corrected chi connectivity index (χ1v) is 8.99. The van der Waals surface area contributed by atoms with Gasteiger partial charge in [-0.25, -0.2) is 13.4 Å². The van der Waals surface area contributed by atoms with Crippen LogP contribution in [0.25, 0.3) is 0 Å². The van der Waals surface area contributed by atoms with Gasteiger partial charge in [0.2, 0.25) is 10.0 Å². The Balaban J connectivity index is 1.86. The zero-order valence-corrected chi connectivity index (χ0v) is 13.8. The SMILES string of the molecule is Cc1ccc(S(=O)(=O)N2CCC[C@@H]2Cn2ccnc2C)cc1. The van der Waals surface area contributed by atoms with Crippen molar-refractivity contribution in [3.8, 4) is 0 Å². The number of aromatic nitrogens is 2. The topological polar surface area (TPSA) is 55.2 Å². The van der Waals surface area contributed by atoms with E-state index in [9.17, 15) is 8.42 Å². The fourth-order valence-electron chi connectivity index (χ4n) is 2.98. The van der Waals surface area contributed by atoms with Gasteiger partial charge in [0.1, 0.15) is 5.82 Å². The number of imidazole rings is 1. The van der Waals surface area contributed by atoms with E-state index in [1.165, 1.54) is 0 Å².